The molecule has 0 spiro atoms. The molecule has 0 atom stereocenters. The van der Waals surface area contributed by atoms with Crippen LogP contribution in [0.15, 0.2) is 36.7 Å². The molecule has 0 aromatic carbocycles. The Kier molecular flexibility index (Phi) is 7.39. The van der Waals surface area contributed by atoms with Gasteiger partial charge in [0.15, 0.2) is 0 Å². The molecule has 3 heterocycles. The highest BCUT2D eigenvalue weighted by atomic mass is 16.2. The molecule has 3 N–H and O–H groups in total. The van der Waals surface area contributed by atoms with Crippen molar-refractivity contribution in [3.8, 4) is 17.5 Å². The van der Waals surface area contributed by atoms with E-state index in [1.54, 1.807) is 16.8 Å². The molecule has 9 nitrogen and oxygen atoms in total. The maximum Gasteiger partial charge on any atom is 0.254 e. The topological polar surface area (TPSA) is 124 Å². The van der Waals surface area contributed by atoms with Crippen molar-refractivity contribution in [2.75, 3.05) is 18.4 Å². The highest BCUT2D eigenvalue weighted by Gasteiger charge is 2.16. The third-order valence-corrected chi connectivity index (χ3v) is 4.75. The average Bonchev–Trinajstić information content (AvgIpc) is 3.18. The molecule has 3 rings (SSSR count). The van der Waals surface area contributed by atoms with Gasteiger partial charge in [0.25, 0.3) is 5.91 Å². The Balaban J connectivity index is 1.78. The molecule has 32 heavy (non-hydrogen) atoms. The molecule has 0 unspecified atom stereocenters. The summed E-state index contributed by atoms with van der Waals surface area (Å²) in [5.41, 5.74) is 3.86. The van der Waals surface area contributed by atoms with Crippen LogP contribution in [0.5, 0.6) is 0 Å². The minimum atomic E-state index is -0.205. The van der Waals surface area contributed by atoms with Crippen LogP contribution in [0.1, 0.15) is 49.5 Å². The Bertz CT molecular complexity index is 1160. The van der Waals surface area contributed by atoms with E-state index < -0.39 is 0 Å². The van der Waals surface area contributed by atoms with E-state index >= 15 is 0 Å². The summed E-state index contributed by atoms with van der Waals surface area (Å²) in [6.45, 7) is 6.59. The van der Waals surface area contributed by atoms with E-state index in [4.69, 9.17) is 5.26 Å². The number of amides is 2. The molecule has 0 aliphatic carbocycles. The van der Waals surface area contributed by atoms with Gasteiger partial charge in [0.05, 0.1) is 39.9 Å². The molecule has 3 aromatic rings. The van der Waals surface area contributed by atoms with Crippen LogP contribution in [-0.4, -0.2) is 45.5 Å². The number of nitrogens with one attached hydrogen (secondary N) is 3. The maximum atomic E-state index is 12.8. The van der Waals surface area contributed by atoms with Crippen LogP contribution in [0.3, 0.4) is 0 Å². The number of carbonyl (C=O) groups is 2. The van der Waals surface area contributed by atoms with Gasteiger partial charge in [-0.05, 0) is 51.0 Å². The predicted molar refractivity (Wildman–Crippen MR) is 122 cm³/mol. The second kappa shape index (κ2) is 10.4. The van der Waals surface area contributed by atoms with Gasteiger partial charge >= 0.3 is 0 Å². The summed E-state index contributed by atoms with van der Waals surface area (Å²) < 4.78 is 1.72. The Labute approximate surface area is 186 Å². The number of anilines is 1. The predicted octanol–water partition coefficient (Wildman–Crippen LogP) is 2.73. The maximum absolute atomic E-state index is 12.8. The largest absolute Gasteiger partial charge is 0.382 e. The van der Waals surface area contributed by atoms with Crippen LogP contribution in [0, 0.1) is 11.3 Å². The van der Waals surface area contributed by atoms with Gasteiger partial charge in [-0.2, -0.15) is 10.4 Å². The number of pyridine rings is 1. The number of hydrogen-bond acceptors (Lipinski definition) is 6. The van der Waals surface area contributed by atoms with E-state index in [9.17, 15) is 9.59 Å². The number of nitrogens with zero attached hydrogens (tertiary/aromatic N) is 4. The summed E-state index contributed by atoms with van der Waals surface area (Å²) in [5, 5.41) is 22.4. The lowest BCUT2D eigenvalue weighted by molar-refractivity contribution is -0.118. The zero-order chi connectivity index (χ0) is 23.1. The van der Waals surface area contributed by atoms with E-state index in [1.807, 2.05) is 32.0 Å². The third kappa shape index (κ3) is 5.60. The molecule has 0 aliphatic heterocycles. The first-order valence-electron chi connectivity index (χ1n) is 10.6. The van der Waals surface area contributed by atoms with Gasteiger partial charge in [-0.25, -0.2) is 4.52 Å². The molecule has 2 amide bonds. The Hall–Kier alpha value is -3.93. The minimum absolute atomic E-state index is 0.0546. The van der Waals surface area contributed by atoms with Gasteiger partial charge in [0, 0.05) is 32.3 Å². The SMILES string of the molecule is CC(=O)NCCCCNC(=O)c1cnc(-c2ccc3cc(C#N)cnn23)cc1NC(C)C. The normalized spacial score (nSPS) is 10.7. The van der Waals surface area contributed by atoms with Gasteiger partial charge in [-0.1, -0.05) is 0 Å². The summed E-state index contributed by atoms with van der Waals surface area (Å²) in [6.07, 6.45) is 4.63. The van der Waals surface area contributed by atoms with Crippen molar-refractivity contribution in [3.05, 3.63) is 47.8 Å². The van der Waals surface area contributed by atoms with E-state index in [-0.39, 0.29) is 17.9 Å². The first kappa shape index (κ1) is 22.7. The lowest BCUT2D eigenvalue weighted by Gasteiger charge is -2.16. The summed E-state index contributed by atoms with van der Waals surface area (Å²) in [7, 11) is 0. The molecule has 3 aromatic heterocycles. The van der Waals surface area contributed by atoms with Crippen molar-refractivity contribution in [2.45, 2.75) is 39.7 Å². The van der Waals surface area contributed by atoms with E-state index in [0.29, 0.717) is 35.6 Å². The van der Waals surface area contributed by atoms with Crippen LogP contribution in [0.2, 0.25) is 0 Å². The van der Waals surface area contributed by atoms with E-state index in [2.05, 4.69) is 32.1 Å². The van der Waals surface area contributed by atoms with Gasteiger partial charge < -0.3 is 16.0 Å². The molecule has 0 aliphatic rings. The monoisotopic (exact) mass is 433 g/mol. The quantitative estimate of drug-likeness (QED) is 0.446. The number of aromatic nitrogens is 3. The van der Waals surface area contributed by atoms with Crippen LogP contribution < -0.4 is 16.0 Å². The fraction of sp³-hybridized carbons (Fsp3) is 0.348. The summed E-state index contributed by atoms with van der Waals surface area (Å²) in [6, 6.07) is 9.58. The number of unbranched alkanes of at least 4 members (excludes halogenated alkanes) is 1. The molecular weight excluding hydrogens is 406 g/mol. The second-order valence-electron chi connectivity index (χ2n) is 7.77. The highest BCUT2D eigenvalue weighted by molar-refractivity contribution is 6.00. The van der Waals surface area contributed by atoms with Crippen LogP contribution in [-0.2, 0) is 4.79 Å². The first-order chi connectivity index (χ1) is 15.4. The van der Waals surface area contributed by atoms with Crippen LogP contribution in [0.4, 0.5) is 5.69 Å². The Morgan fingerprint density at radius 3 is 2.56 bits per heavy atom. The fourth-order valence-electron chi connectivity index (χ4n) is 3.27. The highest BCUT2D eigenvalue weighted by Crippen LogP contribution is 2.26. The smallest absolute Gasteiger partial charge is 0.254 e. The number of carbonyl (C=O) groups excluding carboxylic acids is 2. The third-order valence-electron chi connectivity index (χ3n) is 4.75. The fourth-order valence-corrected chi connectivity index (χ4v) is 3.27. The van der Waals surface area contributed by atoms with Crippen molar-refractivity contribution < 1.29 is 9.59 Å². The zero-order valence-electron chi connectivity index (χ0n) is 18.5. The van der Waals surface area contributed by atoms with E-state index in [0.717, 1.165) is 24.1 Å². The Morgan fingerprint density at radius 1 is 1.12 bits per heavy atom. The van der Waals surface area contributed by atoms with Gasteiger partial charge in [0.1, 0.15) is 6.07 Å². The van der Waals surface area contributed by atoms with Crippen LogP contribution in [0.25, 0.3) is 16.9 Å². The number of nitriles is 1. The zero-order valence-corrected chi connectivity index (χ0v) is 18.5. The van der Waals surface area contributed by atoms with Crippen molar-refractivity contribution in [3.63, 3.8) is 0 Å². The summed E-state index contributed by atoms with van der Waals surface area (Å²) in [4.78, 5) is 28.2. The second-order valence-corrected chi connectivity index (χ2v) is 7.77. The van der Waals surface area contributed by atoms with Crippen molar-refractivity contribution in [2.24, 2.45) is 0 Å². The minimum Gasteiger partial charge on any atom is -0.382 e. The number of hydrogen-bond donors (Lipinski definition) is 3. The van der Waals surface area contributed by atoms with Crippen molar-refractivity contribution >= 4 is 23.0 Å². The number of rotatable bonds is 9. The first-order valence-corrected chi connectivity index (χ1v) is 10.6. The summed E-state index contributed by atoms with van der Waals surface area (Å²) >= 11 is 0. The molecule has 0 saturated heterocycles. The van der Waals surface area contributed by atoms with Crippen LogP contribution >= 0.6 is 0 Å². The summed E-state index contributed by atoms with van der Waals surface area (Å²) in [5.74, 6) is -0.260. The molecule has 9 heteroatoms. The average molecular weight is 434 g/mol. The molecular formula is C23H27N7O2. The Morgan fingerprint density at radius 2 is 1.88 bits per heavy atom. The molecule has 0 bridgehead atoms. The lowest BCUT2D eigenvalue weighted by atomic mass is 10.1. The molecule has 0 fully saturated rings. The molecule has 0 radical (unpaired) electrons. The van der Waals surface area contributed by atoms with Crippen molar-refractivity contribution in [1.29, 1.82) is 5.26 Å². The van der Waals surface area contributed by atoms with Gasteiger partial charge in [-0.3, -0.25) is 14.6 Å². The van der Waals surface area contributed by atoms with E-state index in [1.165, 1.54) is 13.1 Å². The van der Waals surface area contributed by atoms with Crippen molar-refractivity contribution in [1.82, 2.24) is 25.2 Å². The number of fused-ring (bicyclic) bond motifs is 1. The molecule has 166 valence electrons. The molecule has 0 saturated carbocycles. The lowest BCUT2D eigenvalue weighted by Crippen LogP contribution is -2.27. The standard InChI is InChI=1S/C23H27N7O2/c1-15(2)29-20-11-21(22-7-6-18-10-17(12-24)13-28-30(18)22)27-14-19(20)23(32)26-9-5-4-8-25-16(3)31/h6-7,10-11,13-15H,4-5,8-9H2,1-3H3,(H,25,31)(H,26,32)(H,27,29). The van der Waals surface area contributed by atoms with Gasteiger partial charge in [-0.15, -0.1) is 0 Å². The van der Waals surface area contributed by atoms with Gasteiger partial charge in [0.2, 0.25) is 5.91 Å².